The number of aromatic nitrogens is 1. The van der Waals surface area contributed by atoms with Crippen molar-refractivity contribution in [2.24, 2.45) is 11.8 Å². The van der Waals surface area contributed by atoms with E-state index in [1.165, 1.54) is 32.2 Å². The molecule has 0 radical (unpaired) electrons. The van der Waals surface area contributed by atoms with Gasteiger partial charge in [-0.15, -0.1) is 0 Å². The van der Waals surface area contributed by atoms with E-state index in [1.54, 1.807) is 0 Å². The van der Waals surface area contributed by atoms with E-state index in [1.807, 2.05) is 30.3 Å². The summed E-state index contributed by atoms with van der Waals surface area (Å²) < 4.78 is 11.1. The number of benzene rings is 1. The summed E-state index contributed by atoms with van der Waals surface area (Å²) in [5.74, 6) is -3.82. The van der Waals surface area contributed by atoms with E-state index < -0.39 is 60.4 Å². The second kappa shape index (κ2) is 11.9. The van der Waals surface area contributed by atoms with Crippen molar-refractivity contribution in [2.45, 2.75) is 69.7 Å². The third kappa shape index (κ3) is 6.47. The Bertz CT molecular complexity index is 1140. The summed E-state index contributed by atoms with van der Waals surface area (Å²) in [5, 5.41) is 37.5. The fourth-order valence-electron chi connectivity index (χ4n) is 4.47. The number of hydrogen-bond donors (Lipinski definition) is 5. The quantitative estimate of drug-likeness (QED) is 0.267. The van der Waals surface area contributed by atoms with Crippen LogP contribution in [-0.2, 0) is 30.3 Å². The normalized spacial score (nSPS) is 29.7. The van der Waals surface area contributed by atoms with Crippen molar-refractivity contribution < 1.29 is 39.2 Å². The number of rotatable bonds is 6. The van der Waals surface area contributed by atoms with Crippen molar-refractivity contribution in [1.82, 2.24) is 15.6 Å². The first kappa shape index (κ1) is 27.5. The van der Waals surface area contributed by atoms with Gasteiger partial charge >= 0.3 is 11.9 Å². The number of aromatic hydroxyl groups is 1. The second-order valence-electron chi connectivity index (χ2n) is 9.88. The van der Waals surface area contributed by atoms with Gasteiger partial charge in [0.2, 0.25) is 12.0 Å². The van der Waals surface area contributed by atoms with Gasteiger partial charge in [-0.05, 0) is 50.8 Å². The molecule has 2 fully saturated rings. The molecule has 1 aliphatic carbocycles. The number of hydrogen-bond acceptors (Lipinski definition) is 10. The van der Waals surface area contributed by atoms with Gasteiger partial charge in [-0.1, -0.05) is 30.3 Å². The molecule has 4 rings (SSSR count). The number of aliphatic hydroxyl groups excluding tert-OH is 2. The van der Waals surface area contributed by atoms with E-state index in [9.17, 15) is 29.7 Å². The average molecular weight is 528 g/mol. The minimum Gasteiger partial charge on any atom is -0.506 e. The SMILES string of the molecule is C[C@H]1OC(=O)C(C2CC2)OC(=O)[C@H](C)[C@H](O)[C@H](Cc2ccccc2)NC(=O)[C@H]1NC(O)c1ncccc1O. The fourth-order valence-corrected chi connectivity index (χ4v) is 4.47. The molecule has 1 aliphatic heterocycles. The molecule has 1 amide bonds. The molecule has 1 saturated heterocycles. The highest BCUT2D eigenvalue weighted by Crippen LogP contribution is 2.36. The highest BCUT2D eigenvalue weighted by atomic mass is 16.6. The number of cyclic esters (lactones) is 2. The standard InChI is InChI=1S/C27H33N3O8/c1-14-22(32)18(13-16-7-4-3-5-8-16)29-24(33)20(30-25(34)21-19(31)9-6-12-28-21)15(2)37-27(36)23(17-10-11-17)38-26(14)35/h3-9,12,14-15,17-18,20,22-23,25,30-32,34H,10-11,13H2,1-2H3,(H,29,33)/t14-,15-,18+,20+,22+,23?,25?/m1/s1. The number of nitrogens with one attached hydrogen (secondary N) is 2. The Morgan fingerprint density at radius 2 is 1.76 bits per heavy atom. The maximum atomic E-state index is 13.6. The predicted molar refractivity (Wildman–Crippen MR) is 133 cm³/mol. The van der Waals surface area contributed by atoms with Crippen LogP contribution < -0.4 is 10.6 Å². The van der Waals surface area contributed by atoms with Gasteiger partial charge in [0.1, 0.15) is 23.6 Å². The Labute approximate surface area is 220 Å². The Kier molecular flexibility index (Phi) is 8.60. The molecule has 2 aliphatic rings. The minimum atomic E-state index is -1.59. The van der Waals surface area contributed by atoms with Gasteiger partial charge in [0.05, 0.1) is 18.1 Å². The first-order valence-corrected chi connectivity index (χ1v) is 12.7. The molecule has 1 aromatic heterocycles. The molecule has 2 unspecified atom stereocenters. The molecule has 7 atom stereocenters. The molecule has 0 bridgehead atoms. The Morgan fingerprint density at radius 3 is 2.42 bits per heavy atom. The monoisotopic (exact) mass is 527 g/mol. The molecule has 0 spiro atoms. The van der Waals surface area contributed by atoms with Crippen molar-refractivity contribution in [2.75, 3.05) is 0 Å². The van der Waals surface area contributed by atoms with Gasteiger partial charge < -0.3 is 30.1 Å². The number of ether oxygens (including phenoxy) is 2. The van der Waals surface area contributed by atoms with E-state index in [0.717, 1.165) is 5.56 Å². The van der Waals surface area contributed by atoms with Gasteiger partial charge in [-0.25, -0.2) is 4.79 Å². The minimum absolute atomic E-state index is 0.121. The maximum Gasteiger partial charge on any atom is 0.348 e. The second-order valence-corrected chi connectivity index (χ2v) is 9.88. The lowest BCUT2D eigenvalue weighted by Crippen LogP contribution is -2.59. The first-order chi connectivity index (χ1) is 18.2. The predicted octanol–water partition coefficient (Wildman–Crippen LogP) is 0.728. The summed E-state index contributed by atoms with van der Waals surface area (Å²) in [7, 11) is 0. The summed E-state index contributed by atoms with van der Waals surface area (Å²) in [5.41, 5.74) is 0.687. The largest absolute Gasteiger partial charge is 0.506 e. The summed E-state index contributed by atoms with van der Waals surface area (Å²) in [6, 6.07) is 9.71. The summed E-state index contributed by atoms with van der Waals surface area (Å²) in [6.07, 6.45) is -2.32. The number of pyridine rings is 1. The lowest BCUT2D eigenvalue weighted by molar-refractivity contribution is -0.179. The smallest absolute Gasteiger partial charge is 0.348 e. The maximum absolute atomic E-state index is 13.6. The third-order valence-corrected chi connectivity index (χ3v) is 6.91. The van der Waals surface area contributed by atoms with Gasteiger partial charge in [0.15, 0.2) is 6.23 Å². The van der Waals surface area contributed by atoms with Crippen molar-refractivity contribution in [3.8, 4) is 5.75 Å². The third-order valence-electron chi connectivity index (χ3n) is 6.91. The lowest BCUT2D eigenvalue weighted by Gasteiger charge is -2.33. The van der Waals surface area contributed by atoms with Gasteiger partial charge in [-0.3, -0.25) is 19.9 Å². The van der Waals surface area contributed by atoms with Crippen LogP contribution in [-0.4, -0.2) is 68.5 Å². The van der Waals surface area contributed by atoms with Crippen LogP contribution in [0.4, 0.5) is 0 Å². The van der Waals surface area contributed by atoms with Crippen molar-refractivity contribution in [1.29, 1.82) is 0 Å². The zero-order valence-electron chi connectivity index (χ0n) is 21.2. The van der Waals surface area contributed by atoms with Gasteiger partial charge in [-0.2, -0.15) is 0 Å². The van der Waals surface area contributed by atoms with Crippen LogP contribution in [0.15, 0.2) is 48.7 Å². The molecule has 11 nitrogen and oxygen atoms in total. The topological polar surface area (TPSA) is 167 Å². The van der Waals surface area contributed by atoms with Crippen LogP contribution in [0.5, 0.6) is 5.75 Å². The number of amides is 1. The van der Waals surface area contributed by atoms with Crippen LogP contribution >= 0.6 is 0 Å². The van der Waals surface area contributed by atoms with Crippen molar-refractivity contribution >= 4 is 17.8 Å². The number of esters is 2. The van der Waals surface area contributed by atoms with Gasteiger partial charge in [0, 0.05) is 12.1 Å². The number of carbonyl (C=O) groups excluding carboxylic acids is 3. The van der Waals surface area contributed by atoms with Crippen LogP contribution in [0.25, 0.3) is 0 Å². The van der Waals surface area contributed by atoms with Crippen molar-refractivity contribution in [3.63, 3.8) is 0 Å². The summed E-state index contributed by atoms with van der Waals surface area (Å²) in [6.45, 7) is 2.94. The van der Waals surface area contributed by atoms with E-state index in [4.69, 9.17) is 9.47 Å². The molecule has 11 heteroatoms. The zero-order valence-corrected chi connectivity index (χ0v) is 21.2. The molecular formula is C27H33N3O8. The lowest BCUT2D eigenvalue weighted by atomic mass is 9.92. The van der Waals surface area contributed by atoms with Crippen LogP contribution in [0, 0.1) is 11.8 Å². The Balaban J connectivity index is 1.66. The summed E-state index contributed by atoms with van der Waals surface area (Å²) >= 11 is 0. The molecule has 1 aromatic carbocycles. The molecule has 2 heterocycles. The van der Waals surface area contributed by atoms with E-state index in [2.05, 4.69) is 15.6 Å². The molecule has 204 valence electrons. The highest BCUT2D eigenvalue weighted by Gasteiger charge is 2.45. The van der Waals surface area contributed by atoms with Crippen LogP contribution in [0.1, 0.15) is 44.2 Å². The zero-order chi connectivity index (χ0) is 27.4. The fraction of sp³-hybridized carbons (Fsp3) is 0.481. The van der Waals surface area contributed by atoms with E-state index in [-0.39, 0.29) is 23.8 Å². The molecular weight excluding hydrogens is 494 g/mol. The summed E-state index contributed by atoms with van der Waals surface area (Å²) in [4.78, 5) is 43.4. The first-order valence-electron chi connectivity index (χ1n) is 12.7. The van der Waals surface area contributed by atoms with E-state index in [0.29, 0.717) is 12.8 Å². The number of aliphatic hydroxyl groups is 2. The Hall–Kier alpha value is -3.54. The highest BCUT2D eigenvalue weighted by molar-refractivity contribution is 5.85. The van der Waals surface area contributed by atoms with Crippen LogP contribution in [0.3, 0.4) is 0 Å². The molecule has 2 aromatic rings. The molecule has 38 heavy (non-hydrogen) atoms. The van der Waals surface area contributed by atoms with E-state index >= 15 is 0 Å². The number of nitrogens with zero attached hydrogens (tertiary/aromatic N) is 1. The van der Waals surface area contributed by atoms with Crippen molar-refractivity contribution in [3.05, 3.63) is 59.9 Å². The van der Waals surface area contributed by atoms with Crippen LogP contribution in [0.2, 0.25) is 0 Å². The number of carbonyl (C=O) groups is 3. The molecule has 5 N–H and O–H groups in total. The van der Waals surface area contributed by atoms with Gasteiger partial charge in [0.25, 0.3) is 0 Å². The molecule has 1 saturated carbocycles. The Morgan fingerprint density at radius 1 is 1.05 bits per heavy atom. The average Bonchev–Trinajstić information content (AvgIpc) is 3.74.